The minimum absolute atomic E-state index is 0.135. The molecule has 1 amide bonds. The summed E-state index contributed by atoms with van der Waals surface area (Å²) >= 11 is 2.02. The van der Waals surface area contributed by atoms with Gasteiger partial charge in [-0.25, -0.2) is 4.79 Å². The Labute approximate surface area is 120 Å². The number of unbranched alkanes of at least 4 members (excludes halogenated alkanes) is 1. The van der Waals surface area contributed by atoms with Gasteiger partial charge in [0.1, 0.15) is 0 Å². The summed E-state index contributed by atoms with van der Waals surface area (Å²) in [5.74, 6) is -1.15. The number of nitrogens with zero attached hydrogens (tertiary/aromatic N) is 1. The maximum Gasteiger partial charge on any atom is 0.335 e. The normalized spacial score (nSPS) is 10.2. The lowest BCUT2D eigenvalue weighted by Crippen LogP contribution is -2.28. The number of halogens is 1. The van der Waals surface area contributed by atoms with Crippen LogP contribution in [0.1, 0.15) is 40.5 Å². The zero-order valence-electron chi connectivity index (χ0n) is 10.4. The second-order valence-electron chi connectivity index (χ2n) is 4.11. The minimum Gasteiger partial charge on any atom is -0.478 e. The third-order valence-corrected chi connectivity index (χ3v) is 3.21. The molecule has 1 rings (SSSR count). The first-order valence-electron chi connectivity index (χ1n) is 5.75. The highest BCUT2D eigenvalue weighted by Crippen LogP contribution is 2.14. The summed E-state index contributed by atoms with van der Waals surface area (Å²) in [6, 6.07) is 4.68. The third-order valence-electron chi connectivity index (χ3n) is 2.59. The highest BCUT2D eigenvalue weighted by molar-refractivity contribution is 14.1. The number of hydrogen-bond acceptors (Lipinski definition) is 2. The predicted octanol–water partition coefficient (Wildman–Crippen LogP) is 2.86. The van der Waals surface area contributed by atoms with E-state index in [9.17, 15) is 9.59 Å². The van der Waals surface area contributed by atoms with Crippen LogP contribution in [0.25, 0.3) is 0 Å². The maximum atomic E-state index is 12.1. The largest absolute Gasteiger partial charge is 0.478 e. The summed E-state index contributed by atoms with van der Waals surface area (Å²) in [6.07, 6.45) is 1.96. The van der Waals surface area contributed by atoms with Crippen LogP contribution in [-0.2, 0) is 0 Å². The molecule has 1 aromatic carbocycles. The highest BCUT2D eigenvalue weighted by atomic mass is 127. The number of benzene rings is 1. The maximum absolute atomic E-state index is 12.1. The van der Waals surface area contributed by atoms with Crippen LogP contribution in [-0.4, -0.2) is 35.5 Å². The van der Waals surface area contributed by atoms with E-state index in [1.165, 1.54) is 6.07 Å². The van der Waals surface area contributed by atoms with Crippen molar-refractivity contribution in [2.75, 3.05) is 13.6 Å². The predicted molar refractivity (Wildman–Crippen MR) is 78.0 cm³/mol. The molecule has 0 atom stereocenters. The fourth-order valence-corrected chi connectivity index (χ4v) is 2.22. The van der Waals surface area contributed by atoms with Gasteiger partial charge in [0.25, 0.3) is 5.91 Å². The molecule has 1 aromatic rings. The van der Waals surface area contributed by atoms with Gasteiger partial charge in [0, 0.05) is 22.7 Å². The Kier molecular flexibility index (Phi) is 5.58. The van der Waals surface area contributed by atoms with E-state index in [1.807, 2.05) is 22.6 Å². The molecule has 1 N–H and O–H groups in total. The van der Waals surface area contributed by atoms with E-state index >= 15 is 0 Å². The lowest BCUT2D eigenvalue weighted by molar-refractivity contribution is 0.0697. The number of amides is 1. The van der Waals surface area contributed by atoms with Crippen molar-refractivity contribution in [3.05, 3.63) is 32.9 Å². The molecule has 0 radical (unpaired) electrons. The summed E-state index contributed by atoms with van der Waals surface area (Å²) in [7, 11) is 1.73. The SMILES string of the molecule is CCCCN(C)C(=O)c1cc(I)cc(C(=O)O)c1. The van der Waals surface area contributed by atoms with E-state index in [0.717, 1.165) is 16.4 Å². The molecule has 0 saturated heterocycles. The van der Waals surface area contributed by atoms with Crippen molar-refractivity contribution in [3.63, 3.8) is 0 Å². The van der Waals surface area contributed by atoms with Gasteiger partial charge in [-0.2, -0.15) is 0 Å². The van der Waals surface area contributed by atoms with E-state index in [1.54, 1.807) is 24.1 Å². The van der Waals surface area contributed by atoms with E-state index < -0.39 is 5.97 Å². The lowest BCUT2D eigenvalue weighted by atomic mass is 10.1. The van der Waals surface area contributed by atoms with Crippen molar-refractivity contribution in [2.45, 2.75) is 19.8 Å². The van der Waals surface area contributed by atoms with Crippen LogP contribution in [0.5, 0.6) is 0 Å². The second-order valence-corrected chi connectivity index (χ2v) is 5.36. The van der Waals surface area contributed by atoms with Crippen LogP contribution < -0.4 is 0 Å². The van der Waals surface area contributed by atoms with Gasteiger partial charge >= 0.3 is 5.97 Å². The van der Waals surface area contributed by atoms with Gasteiger partial charge in [0.15, 0.2) is 0 Å². The van der Waals surface area contributed by atoms with Crippen LogP contribution in [0, 0.1) is 3.57 Å². The van der Waals surface area contributed by atoms with Crippen molar-refractivity contribution < 1.29 is 14.7 Å². The molecule has 98 valence electrons. The van der Waals surface area contributed by atoms with Gasteiger partial charge in [-0.15, -0.1) is 0 Å². The van der Waals surface area contributed by atoms with Crippen LogP contribution in [0.15, 0.2) is 18.2 Å². The lowest BCUT2D eigenvalue weighted by Gasteiger charge is -2.17. The van der Waals surface area contributed by atoms with Crippen LogP contribution in [0.4, 0.5) is 0 Å². The summed E-state index contributed by atoms with van der Waals surface area (Å²) in [5, 5.41) is 8.97. The molecular formula is C13H16INO3. The van der Waals surface area contributed by atoms with Gasteiger partial charge in [-0.3, -0.25) is 4.79 Å². The fourth-order valence-electron chi connectivity index (χ4n) is 1.55. The average Bonchev–Trinajstić information content (AvgIpc) is 2.34. The molecule has 5 heteroatoms. The van der Waals surface area contributed by atoms with Gasteiger partial charge in [-0.1, -0.05) is 13.3 Å². The Bertz CT molecular complexity index is 460. The first-order chi connectivity index (χ1) is 8.45. The Hall–Kier alpha value is -1.11. The molecule has 4 nitrogen and oxygen atoms in total. The topological polar surface area (TPSA) is 57.6 Å². The molecule has 0 aliphatic heterocycles. The smallest absolute Gasteiger partial charge is 0.335 e. The molecule has 0 aliphatic carbocycles. The van der Waals surface area contributed by atoms with Crippen molar-refractivity contribution in [2.24, 2.45) is 0 Å². The average molecular weight is 361 g/mol. The van der Waals surface area contributed by atoms with Crippen LogP contribution in [0.2, 0.25) is 0 Å². The minimum atomic E-state index is -1.02. The number of aromatic carboxylic acids is 1. The summed E-state index contributed by atoms with van der Waals surface area (Å²) in [5.41, 5.74) is 0.576. The third kappa shape index (κ3) is 3.97. The van der Waals surface area contributed by atoms with Crippen molar-refractivity contribution in [1.29, 1.82) is 0 Å². The number of carboxylic acid groups (broad SMARTS) is 1. The number of hydrogen-bond donors (Lipinski definition) is 1. The molecule has 18 heavy (non-hydrogen) atoms. The molecule has 0 fully saturated rings. The first kappa shape index (κ1) is 14.9. The van der Waals surface area contributed by atoms with Crippen LogP contribution in [0.3, 0.4) is 0 Å². The zero-order chi connectivity index (χ0) is 13.7. The molecular weight excluding hydrogens is 345 g/mol. The van der Waals surface area contributed by atoms with Crippen molar-refractivity contribution in [3.8, 4) is 0 Å². The fraction of sp³-hybridized carbons (Fsp3) is 0.385. The van der Waals surface area contributed by atoms with Crippen molar-refractivity contribution >= 4 is 34.5 Å². The number of rotatable bonds is 5. The number of carbonyl (C=O) groups is 2. The Morgan fingerprint density at radius 3 is 2.44 bits per heavy atom. The van der Waals surface area contributed by atoms with E-state index in [-0.39, 0.29) is 11.5 Å². The Balaban J connectivity index is 2.95. The van der Waals surface area contributed by atoms with Gasteiger partial charge in [0.2, 0.25) is 0 Å². The first-order valence-corrected chi connectivity index (χ1v) is 6.83. The Morgan fingerprint density at radius 2 is 1.89 bits per heavy atom. The zero-order valence-corrected chi connectivity index (χ0v) is 12.6. The van der Waals surface area contributed by atoms with Crippen LogP contribution >= 0.6 is 22.6 Å². The van der Waals surface area contributed by atoms with Gasteiger partial charge < -0.3 is 10.0 Å². The second kappa shape index (κ2) is 6.72. The number of carboxylic acids is 1. The molecule has 0 heterocycles. The molecule has 0 bridgehead atoms. The summed E-state index contributed by atoms with van der Waals surface area (Å²) < 4.78 is 0.750. The van der Waals surface area contributed by atoms with Gasteiger partial charge in [0.05, 0.1) is 5.56 Å². The molecule has 0 aliphatic rings. The highest BCUT2D eigenvalue weighted by Gasteiger charge is 2.14. The number of carbonyl (C=O) groups excluding carboxylic acids is 1. The molecule has 0 unspecified atom stereocenters. The van der Waals surface area contributed by atoms with E-state index in [2.05, 4.69) is 6.92 Å². The Morgan fingerprint density at radius 1 is 1.28 bits per heavy atom. The monoisotopic (exact) mass is 361 g/mol. The summed E-state index contributed by atoms with van der Waals surface area (Å²) in [4.78, 5) is 24.7. The standard InChI is InChI=1S/C13H16INO3/c1-3-4-5-15(2)12(16)9-6-10(13(17)18)8-11(14)7-9/h6-8H,3-5H2,1-2H3,(H,17,18). The van der Waals surface area contributed by atoms with Crippen molar-refractivity contribution in [1.82, 2.24) is 4.90 Å². The molecule has 0 spiro atoms. The van der Waals surface area contributed by atoms with E-state index in [0.29, 0.717) is 12.1 Å². The summed E-state index contributed by atoms with van der Waals surface area (Å²) in [6.45, 7) is 2.75. The molecule has 0 saturated carbocycles. The van der Waals surface area contributed by atoms with E-state index in [4.69, 9.17) is 5.11 Å². The quantitative estimate of drug-likeness (QED) is 0.821. The van der Waals surface area contributed by atoms with Gasteiger partial charge in [-0.05, 0) is 47.2 Å². The molecule has 0 aromatic heterocycles.